The van der Waals surface area contributed by atoms with E-state index in [-0.39, 0.29) is 11.5 Å². The van der Waals surface area contributed by atoms with Crippen LogP contribution in [0.3, 0.4) is 0 Å². The molecule has 0 spiro atoms. The van der Waals surface area contributed by atoms with Crippen LogP contribution in [-0.2, 0) is 19.5 Å². The van der Waals surface area contributed by atoms with Crippen LogP contribution in [0.15, 0.2) is 29.1 Å². The van der Waals surface area contributed by atoms with Gasteiger partial charge in [0.2, 0.25) is 0 Å². The molecular weight excluding hydrogens is 420 g/mol. The Labute approximate surface area is 192 Å². The fraction of sp³-hybridized carbons (Fsp3) is 0.480. The molecule has 168 valence electrons. The summed E-state index contributed by atoms with van der Waals surface area (Å²) >= 11 is 1.40. The molecule has 5 rings (SSSR count). The Balaban J connectivity index is 1.34. The zero-order chi connectivity index (χ0) is 22.2. The molecule has 2 aliphatic rings. The number of rotatable bonds is 3. The van der Waals surface area contributed by atoms with Crippen molar-refractivity contribution in [2.24, 2.45) is 0 Å². The quantitative estimate of drug-likeness (QED) is 0.610. The Hall–Kier alpha value is -2.51. The van der Waals surface area contributed by atoms with Crippen LogP contribution in [-0.4, -0.2) is 51.4 Å². The summed E-state index contributed by atoms with van der Waals surface area (Å²) in [6, 6.07) is 8.61. The summed E-state index contributed by atoms with van der Waals surface area (Å²) in [5.41, 5.74) is 3.42. The van der Waals surface area contributed by atoms with Crippen molar-refractivity contribution >= 4 is 27.5 Å². The molecule has 1 amide bonds. The SMILES string of the molecule is Cc1cccc(CN2CCN(C(=O)c3sc4nc5n(c(=O)c4c3C)CCCCC5)CC2)c1. The van der Waals surface area contributed by atoms with E-state index >= 15 is 0 Å². The summed E-state index contributed by atoms with van der Waals surface area (Å²) < 4.78 is 1.84. The van der Waals surface area contributed by atoms with Crippen molar-refractivity contribution in [3.8, 4) is 0 Å². The molecule has 3 aromatic rings. The molecule has 4 heterocycles. The zero-order valence-corrected chi connectivity index (χ0v) is 19.7. The number of nitrogens with zero attached hydrogens (tertiary/aromatic N) is 4. The monoisotopic (exact) mass is 450 g/mol. The summed E-state index contributed by atoms with van der Waals surface area (Å²) in [6.45, 7) is 8.81. The van der Waals surface area contributed by atoms with Crippen molar-refractivity contribution < 1.29 is 4.79 Å². The van der Waals surface area contributed by atoms with Crippen LogP contribution < -0.4 is 5.56 Å². The number of amides is 1. The summed E-state index contributed by atoms with van der Waals surface area (Å²) in [6.07, 6.45) is 4.06. The van der Waals surface area contributed by atoms with Gasteiger partial charge in [-0.05, 0) is 37.8 Å². The van der Waals surface area contributed by atoms with Gasteiger partial charge >= 0.3 is 0 Å². The van der Waals surface area contributed by atoms with E-state index in [9.17, 15) is 9.59 Å². The molecule has 0 N–H and O–H groups in total. The number of thiophene rings is 1. The topological polar surface area (TPSA) is 58.4 Å². The lowest BCUT2D eigenvalue weighted by molar-refractivity contribution is 0.0632. The number of carbonyl (C=O) groups excluding carboxylic acids is 1. The van der Waals surface area contributed by atoms with E-state index in [0.717, 1.165) is 68.1 Å². The highest BCUT2D eigenvalue weighted by Gasteiger charge is 2.27. The average Bonchev–Trinajstić information content (AvgIpc) is 2.95. The number of fused-ring (bicyclic) bond motifs is 2. The Morgan fingerprint density at radius 2 is 1.88 bits per heavy atom. The highest BCUT2D eigenvalue weighted by molar-refractivity contribution is 7.20. The van der Waals surface area contributed by atoms with Gasteiger partial charge in [-0.25, -0.2) is 4.98 Å². The Morgan fingerprint density at radius 3 is 2.66 bits per heavy atom. The minimum Gasteiger partial charge on any atom is -0.335 e. The van der Waals surface area contributed by atoms with E-state index in [0.29, 0.717) is 23.4 Å². The molecule has 1 saturated heterocycles. The van der Waals surface area contributed by atoms with Gasteiger partial charge in [0.15, 0.2) is 0 Å². The summed E-state index contributed by atoms with van der Waals surface area (Å²) in [5.74, 6) is 0.922. The maximum Gasteiger partial charge on any atom is 0.264 e. The van der Waals surface area contributed by atoms with Crippen LogP contribution in [0.5, 0.6) is 0 Å². The second-order valence-corrected chi connectivity index (χ2v) is 10.1. The van der Waals surface area contributed by atoms with E-state index in [1.54, 1.807) is 0 Å². The molecule has 7 heteroatoms. The first-order chi connectivity index (χ1) is 15.5. The number of hydrogen-bond acceptors (Lipinski definition) is 5. The van der Waals surface area contributed by atoms with Crippen LogP contribution in [0.1, 0.15) is 51.4 Å². The van der Waals surface area contributed by atoms with Crippen molar-refractivity contribution in [2.45, 2.75) is 52.6 Å². The summed E-state index contributed by atoms with van der Waals surface area (Å²) in [7, 11) is 0. The summed E-state index contributed by atoms with van der Waals surface area (Å²) in [5, 5.41) is 0.641. The van der Waals surface area contributed by atoms with Crippen LogP contribution in [0, 0.1) is 13.8 Å². The third-order valence-electron chi connectivity index (χ3n) is 6.75. The first kappa shape index (κ1) is 21.3. The smallest absolute Gasteiger partial charge is 0.264 e. The summed E-state index contributed by atoms with van der Waals surface area (Å²) in [4.78, 5) is 37.1. The first-order valence-corrected chi connectivity index (χ1v) is 12.4. The van der Waals surface area contributed by atoms with E-state index in [2.05, 4.69) is 36.1 Å². The fourth-order valence-corrected chi connectivity index (χ4v) is 6.09. The molecule has 32 heavy (non-hydrogen) atoms. The molecule has 0 aliphatic carbocycles. The number of piperazine rings is 1. The lowest BCUT2D eigenvalue weighted by atomic mass is 10.1. The standard InChI is InChI=1S/C25H30N4O2S/c1-17-7-6-8-19(15-17)16-27-11-13-28(14-12-27)25(31)22-18(2)21-23(32-22)26-20-9-4-3-5-10-29(20)24(21)30/h6-8,15H,3-5,9-14,16H2,1-2H3. The molecular formula is C25H30N4O2S. The van der Waals surface area contributed by atoms with E-state index in [1.807, 2.05) is 16.4 Å². The molecule has 0 saturated carbocycles. The van der Waals surface area contributed by atoms with Crippen LogP contribution in [0.4, 0.5) is 0 Å². The van der Waals surface area contributed by atoms with E-state index in [1.165, 1.54) is 22.5 Å². The number of aryl methyl sites for hydroxylation is 3. The van der Waals surface area contributed by atoms with Gasteiger partial charge in [0, 0.05) is 45.7 Å². The van der Waals surface area contributed by atoms with Crippen molar-refractivity contribution in [1.82, 2.24) is 19.4 Å². The van der Waals surface area contributed by atoms with Gasteiger partial charge < -0.3 is 4.90 Å². The van der Waals surface area contributed by atoms with E-state index < -0.39 is 0 Å². The normalized spacial score (nSPS) is 17.4. The highest BCUT2D eigenvalue weighted by Crippen LogP contribution is 2.29. The van der Waals surface area contributed by atoms with Crippen LogP contribution >= 0.6 is 11.3 Å². The van der Waals surface area contributed by atoms with Crippen LogP contribution in [0.2, 0.25) is 0 Å². The van der Waals surface area contributed by atoms with Gasteiger partial charge in [-0.2, -0.15) is 0 Å². The van der Waals surface area contributed by atoms with Crippen molar-refractivity contribution in [3.05, 3.63) is 62.0 Å². The van der Waals surface area contributed by atoms with Crippen LogP contribution in [0.25, 0.3) is 10.2 Å². The zero-order valence-electron chi connectivity index (χ0n) is 18.9. The Kier molecular flexibility index (Phi) is 5.86. The maximum atomic E-state index is 13.4. The number of carbonyl (C=O) groups is 1. The molecule has 6 nitrogen and oxygen atoms in total. The van der Waals surface area contributed by atoms with Gasteiger partial charge in [-0.3, -0.25) is 19.1 Å². The van der Waals surface area contributed by atoms with Crippen molar-refractivity contribution in [2.75, 3.05) is 26.2 Å². The molecule has 0 unspecified atom stereocenters. The highest BCUT2D eigenvalue weighted by atomic mass is 32.1. The Bertz CT molecular complexity index is 1220. The number of aromatic nitrogens is 2. The number of benzene rings is 1. The molecule has 1 aromatic carbocycles. The second-order valence-electron chi connectivity index (χ2n) is 9.09. The molecule has 0 bridgehead atoms. The fourth-order valence-electron chi connectivity index (χ4n) is 4.94. The predicted molar refractivity (Wildman–Crippen MR) is 129 cm³/mol. The lowest BCUT2D eigenvalue weighted by Crippen LogP contribution is -2.48. The van der Waals surface area contributed by atoms with Gasteiger partial charge in [-0.15, -0.1) is 11.3 Å². The van der Waals surface area contributed by atoms with E-state index in [4.69, 9.17) is 4.98 Å². The van der Waals surface area contributed by atoms with Gasteiger partial charge in [-0.1, -0.05) is 36.2 Å². The third-order valence-corrected chi connectivity index (χ3v) is 7.93. The predicted octanol–water partition coefficient (Wildman–Crippen LogP) is 3.76. The largest absolute Gasteiger partial charge is 0.335 e. The third kappa shape index (κ3) is 3.99. The van der Waals surface area contributed by atoms with Crippen molar-refractivity contribution in [1.29, 1.82) is 0 Å². The molecule has 2 aromatic heterocycles. The molecule has 1 fully saturated rings. The minimum atomic E-state index is 0.0303. The molecule has 2 aliphatic heterocycles. The van der Waals surface area contributed by atoms with Gasteiger partial charge in [0.25, 0.3) is 11.5 Å². The minimum absolute atomic E-state index is 0.0303. The lowest BCUT2D eigenvalue weighted by Gasteiger charge is -2.34. The molecule has 0 radical (unpaired) electrons. The van der Waals surface area contributed by atoms with Crippen molar-refractivity contribution in [3.63, 3.8) is 0 Å². The van der Waals surface area contributed by atoms with Gasteiger partial charge in [0.05, 0.1) is 10.3 Å². The van der Waals surface area contributed by atoms with Gasteiger partial charge in [0.1, 0.15) is 10.7 Å². The second kappa shape index (κ2) is 8.79. The first-order valence-electron chi connectivity index (χ1n) is 11.6. The maximum absolute atomic E-state index is 13.4. The number of hydrogen-bond donors (Lipinski definition) is 0. The molecule has 0 atom stereocenters. The Morgan fingerprint density at radius 1 is 1.06 bits per heavy atom. The average molecular weight is 451 g/mol.